The van der Waals surface area contributed by atoms with Crippen LogP contribution in [0, 0.1) is 18.3 Å². The van der Waals surface area contributed by atoms with Crippen molar-refractivity contribution in [1.29, 1.82) is 0 Å². The Balaban J connectivity index is 2.05. The number of nitrogens with one attached hydrogen (secondary N) is 1. The van der Waals surface area contributed by atoms with Crippen LogP contribution in [-0.2, 0) is 6.54 Å². The topological polar surface area (TPSA) is 45.1 Å². The maximum absolute atomic E-state index is 9.90. The molecule has 19 heavy (non-hydrogen) atoms. The highest BCUT2D eigenvalue weighted by atomic mass is 32.1. The maximum atomic E-state index is 9.90. The summed E-state index contributed by atoms with van der Waals surface area (Å²) < 4.78 is 0. The molecule has 2 unspecified atom stereocenters. The van der Waals surface area contributed by atoms with Gasteiger partial charge in [-0.05, 0) is 37.5 Å². The maximum Gasteiger partial charge on any atom is 0.107 e. The van der Waals surface area contributed by atoms with E-state index in [4.69, 9.17) is 0 Å². The minimum absolute atomic E-state index is 0.138. The normalized spacial score (nSPS) is 30.5. The summed E-state index contributed by atoms with van der Waals surface area (Å²) in [6.07, 6.45) is 3.33. The third kappa shape index (κ3) is 3.77. The van der Waals surface area contributed by atoms with Gasteiger partial charge in [0.1, 0.15) is 5.01 Å². The third-order valence-corrected chi connectivity index (χ3v) is 5.01. The SMILES string of the molecule is Cc1csc(CNC2(CO)CC(C)CC(C)(C)C2)n1. The first-order valence-corrected chi connectivity index (χ1v) is 7.99. The van der Waals surface area contributed by atoms with Crippen LogP contribution in [0.4, 0.5) is 0 Å². The molecule has 1 aliphatic rings. The molecule has 1 heterocycles. The Kier molecular flexibility index (Phi) is 4.33. The van der Waals surface area contributed by atoms with Gasteiger partial charge in [-0.15, -0.1) is 11.3 Å². The summed E-state index contributed by atoms with van der Waals surface area (Å²) in [6.45, 7) is 9.91. The molecule has 2 rings (SSSR count). The van der Waals surface area contributed by atoms with Gasteiger partial charge >= 0.3 is 0 Å². The first-order chi connectivity index (χ1) is 8.84. The predicted molar refractivity (Wildman–Crippen MR) is 80.3 cm³/mol. The van der Waals surface area contributed by atoms with Crippen molar-refractivity contribution in [2.45, 2.75) is 59.0 Å². The van der Waals surface area contributed by atoms with E-state index in [0.29, 0.717) is 11.3 Å². The molecule has 108 valence electrons. The second-order valence-electron chi connectivity index (χ2n) is 7.03. The first-order valence-electron chi connectivity index (χ1n) is 7.11. The molecule has 0 radical (unpaired) electrons. The molecular formula is C15H26N2OS. The van der Waals surface area contributed by atoms with Crippen molar-refractivity contribution in [3.05, 3.63) is 16.1 Å². The summed E-state index contributed by atoms with van der Waals surface area (Å²) in [7, 11) is 0. The predicted octanol–water partition coefficient (Wildman–Crippen LogP) is 3.12. The molecule has 2 atom stereocenters. The zero-order valence-corrected chi connectivity index (χ0v) is 13.3. The van der Waals surface area contributed by atoms with E-state index in [1.165, 1.54) is 6.42 Å². The smallest absolute Gasteiger partial charge is 0.107 e. The van der Waals surface area contributed by atoms with Crippen molar-refractivity contribution in [2.24, 2.45) is 11.3 Å². The minimum atomic E-state index is -0.138. The van der Waals surface area contributed by atoms with E-state index < -0.39 is 0 Å². The van der Waals surface area contributed by atoms with Crippen molar-refractivity contribution in [3.63, 3.8) is 0 Å². The summed E-state index contributed by atoms with van der Waals surface area (Å²) >= 11 is 1.69. The molecule has 0 bridgehead atoms. The molecule has 3 nitrogen and oxygen atoms in total. The minimum Gasteiger partial charge on any atom is -0.394 e. The van der Waals surface area contributed by atoms with Gasteiger partial charge in [0.15, 0.2) is 0 Å². The summed E-state index contributed by atoms with van der Waals surface area (Å²) in [5.41, 5.74) is 1.24. The highest BCUT2D eigenvalue weighted by Crippen LogP contribution is 2.43. The number of rotatable bonds is 4. The molecule has 1 fully saturated rings. The first kappa shape index (κ1) is 14.9. The van der Waals surface area contributed by atoms with Gasteiger partial charge in [-0.3, -0.25) is 0 Å². The van der Waals surface area contributed by atoms with Crippen LogP contribution in [0.15, 0.2) is 5.38 Å². The quantitative estimate of drug-likeness (QED) is 0.892. The standard InChI is InChI=1S/C15H26N2OS/c1-11-5-14(3,4)9-15(6-11,10-18)16-7-13-17-12(2)8-19-13/h8,11,16,18H,5-7,9-10H2,1-4H3. The highest BCUT2D eigenvalue weighted by Gasteiger charge is 2.42. The van der Waals surface area contributed by atoms with E-state index in [0.717, 1.165) is 30.1 Å². The van der Waals surface area contributed by atoms with E-state index in [2.05, 4.69) is 36.5 Å². The Bertz CT molecular complexity index is 430. The molecule has 0 amide bonds. The Morgan fingerprint density at radius 1 is 1.47 bits per heavy atom. The van der Waals surface area contributed by atoms with Gasteiger partial charge < -0.3 is 10.4 Å². The fraction of sp³-hybridized carbons (Fsp3) is 0.800. The van der Waals surface area contributed by atoms with Gasteiger partial charge in [-0.1, -0.05) is 20.8 Å². The zero-order chi connectivity index (χ0) is 14.1. The van der Waals surface area contributed by atoms with Gasteiger partial charge in [0.25, 0.3) is 0 Å². The van der Waals surface area contributed by atoms with Crippen molar-refractivity contribution in [2.75, 3.05) is 6.61 Å². The average molecular weight is 282 g/mol. The molecular weight excluding hydrogens is 256 g/mol. The van der Waals surface area contributed by atoms with Crippen LogP contribution in [0.25, 0.3) is 0 Å². The lowest BCUT2D eigenvalue weighted by molar-refractivity contribution is 0.0352. The Morgan fingerprint density at radius 2 is 2.21 bits per heavy atom. The lowest BCUT2D eigenvalue weighted by Crippen LogP contribution is -2.54. The number of aromatic nitrogens is 1. The van der Waals surface area contributed by atoms with Crippen LogP contribution in [0.1, 0.15) is 50.7 Å². The van der Waals surface area contributed by atoms with Crippen LogP contribution in [0.3, 0.4) is 0 Å². The van der Waals surface area contributed by atoms with Gasteiger partial charge in [0.2, 0.25) is 0 Å². The van der Waals surface area contributed by atoms with E-state index in [1.54, 1.807) is 11.3 Å². The molecule has 4 heteroatoms. The van der Waals surface area contributed by atoms with Crippen LogP contribution in [0.2, 0.25) is 0 Å². The molecule has 1 aromatic rings. The third-order valence-electron chi connectivity index (χ3n) is 4.04. The molecule has 0 saturated heterocycles. The number of aliphatic hydroxyl groups excluding tert-OH is 1. The highest BCUT2D eigenvalue weighted by molar-refractivity contribution is 7.09. The molecule has 0 spiro atoms. The Hall–Kier alpha value is -0.450. The van der Waals surface area contributed by atoms with Gasteiger partial charge in [-0.25, -0.2) is 4.98 Å². The fourth-order valence-electron chi connectivity index (χ4n) is 3.80. The van der Waals surface area contributed by atoms with E-state index in [-0.39, 0.29) is 12.1 Å². The summed E-state index contributed by atoms with van der Waals surface area (Å²) in [6, 6.07) is 0. The Morgan fingerprint density at radius 3 is 2.74 bits per heavy atom. The van der Waals surface area contributed by atoms with Crippen molar-refractivity contribution >= 4 is 11.3 Å². The fourth-order valence-corrected chi connectivity index (χ4v) is 4.51. The molecule has 0 aliphatic heterocycles. The number of nitrogens with zero attached hydrogens (tertiary/aromatic N) is 1. The zero-order valence-electron chi connectivity index (χ0n) is 12.5. The van der Waals surface area contributed by atoms with Gasteiger partial charge in [-0.2, -0.15) is 0 Å². The largest absolute Gasteiger partial charge is 0.394 e. The molecule has 2 N–H and O–H groups in total. The number of hydrogen-bond donors (Lipinski definition) is 2. The summed E-state index contributed by atoms with van der Waals surface area (Å²) in [4.78, 5) is 4.49. The van der Waals surface area contributed by atoms with E-state index >= 15 is 0 Å². The number of aryl methyl sites for hydroxylation is 1. The summed E-state index contributed by atoms with van der Waals surface area (Å²) in [5.74, 6) is 0.654. The molecule has 0 aromatic carbocycles. The van der Waals surface area contributed by atoms with Crippen LogP contribution >= 0.6 is 11.3 Å². The second kappa shape index (κ2) is 5.51. The lowest BCUT2D eigenvalue weighted by Gasteiger charge is -2.47. The summed E-state index contributed by atoms with van der Waals surface area (Å²) in [5, 5.41) is 16.7. The molecule has 1 aromatic heterocycles. The van der Waals surface area contributed by atoms with Crippen LogP contribution < -0.4 is 5.32 Å². The number of hydrogen-bond acceptors (Lipinski definition) is 4. The molecule has 1 saturated carbocycles. The Labute approximate surface area is 120 Å². The average Bonchev–Trinajstić information content (AvgIpc) is 2.70. The van der Waals surface area contributed by atoms with Crippen molar-refractivity contribution in [3.8, 4) is 0 Å². The van der Waals surface area contributed by atoms with Gasteiger partial charge in [0.05, 0.1) is 6.61 Å². The lowest BCUT2D eigenvalue weighted by atomic mass is 9.64. The second-order valence-corrected chi connectivity index (χ2v) is 7.97. The van der Waals surface area contributed by atoms with E-state index in [1.807, 2.05) is 6.92 Å². The van der Waals surface area contributed by atoms with Gasteiger partial charge in [0, 0.05) is 23.2 Å². The van der Waals surface area contributed by atoms with E-state index in [9.17, 15) is 5.11 Å². The van der Waals surface area contributed by atoms with Crippen molar-refractivity contribution in [1.82, 2.24) is 10.3 Å². The number of aliphatic hydroxyl groups is 1. The molecule has 1 aliphatic carbocycles. The van der Waals surface area contributed by atoms with Crippen LogP contribution in [-0.4, -0.2) is 22.2 Å². The van der Waals surface area contributed by atoms with Crippen molar-refractivity contribution < 1.29 is 5.11 Å². The number of thiazole rings is 1. The monoisotopic (exact) mass is 282 g/mol. The van der Waals surface area contributed by atoms with Crippen LogP contribution in [0.5, 0.6) is 0 Å².